The minimum Gasteiger partial charge on any atom is -0.482 e. The lowest BCUT2D eigenvalue weighted by molar-refractivity contribution is -0.139. The molecule has 6 nitrogen and oxygen atoms in total. The van der Waals surface area contributed by atoms with Gasteiger partial charge in [-0.2, -0.15) is 0 Å². The van der Waals surface area contributed by atoms with Gasteiger partial charge < -0.3 is 14.7 Å². The normalized spacial score (nSPS) is 18.0. The van der Waals surface area contributed by atoms with E-state index >= 15 is 0 Å². The summed E-state index contributed by atoms with van der Waals surface area (Å²) in [6, 6.07) is 6.97. The van der Waals surface area contributed by atoms with Crippen molar-refractivity contribution in [3.05, 3.63) is 24.3 Å². The van der Waals surface area contributed by atoms with Crippen LogP contribution in [0.1, 0.15) is 0 Å². The van der Waals surface area contributed by atoms with Crippen molar-refractivity contribution in [3.8, 4) is 5.75 Å². The first-order chi connectivity index (χ1) is 8.96. The van der Waals surface area contributed by atoms with Crippen LogP contribution in [-0.4, -0.2) is 50.7 Å². The molecule has 0 bridgehead atoms. The monoisotopic (exact) mass is 285 g/mol. The molecule has 1 saturated heterocycles. The Bertz CT molecular complexity index is 538. The van der Waals surface area contributed by atoms with E-state index in [0.29, 0.717) is 18.8 Å². The number of carbonyl (C=O) groups is 1. The van der Waals surface area contributed by atoms with Gasteiger partial charge in [0, 0.05) is 18.8 Å². The van der Waals surface area contributed by atoms with Crippen LogP contribution in [0.5, 0.6) is 5.75 Å². The van der Waals surface area contributed by atoms with E-state index in [1.807, 2.05) is 4.90 Å². The molecule has 1 aliphatic rings. The van der Waals surface area contributed by atoms with Gasteiger partial charge in [0.25, 0.3) is 0 Å². The maximum atomic E-state index is 11.3. The number of hydrogen-bond donors (Lipinski definition) is 1. The largest absolute Gasteiger partial charge is 0.482 e. The van der Waals surface area contributed by atoms with Crippen LogP contribution in [0.15, 0.2) is 24.3 Å². The van der Waals surface area contributed by atoms with Gasteiger partial charge in [-0.1, -0.05) is 0 Å². The van der Waals surface area contributed by atoms with Crippen molar-refractivity contribution < 1.29 is 23.1 Å². The smallest absolute Gasteiger partial charge is 0.341 e. The number of carboxylic acid groups (broad SMARTS) is 1. The van der Waals surface area contributed by atoms with Gasteiger partial charge in [-0.15, -0.1) is 0 Å². The lowest BCUT2D eigenvalue weighted by Crippen LogP contribution is -2.40. The molecule has 0 aromatic heterocycles. The molecular formula is C12H15NO5S. The summed E-state index contributed by atoms with van der Waals surface area (Å²) >= 11 is 0. The van der Waals surface area contributed by atoms with Crippen LogP contribution >= 0.6 is 0 Å². The fraction of sp³-hybridized carbons (Fsp3) is 0.417. The van der Waals surface area contributed by atoms with Crippen molar-refractivity contribution in [3.63, 3.8) is 0 Å². The minimum atomic E-state index is -2.88. The molecule has 19 heavy (non-hydrogen) atoms. The van der Waals surface area contributed by atoms with Gasteiger partial charge in [0.05, 0.1) is 11.5 Å². The highest BCUT2D eigenvalue weighted by Crippen LogP contribution is 2.21. The number of benzene rings is 1. The molecule has 1 aromatic carbocycles. The highest BCUT2D eigenvalue weighted by molar-refractivity contribution is 7.91. The van der Waals surface area contributed by atoms with Crippen molar-refractivity contribution in [2.45, 2.75) is 0 Å². The number of rotatable bonds is 4. The average Bonchev–Trinajstić information content (AvgIpc) is 2.37. The van der Waals surface area contributed by atoms with Crippen molar-refractivity contribution >= 4 is 21.5 Å². The molecule has 1 N–H and O–H groups in total. The molecule has 1 fully saturated rings. The summed E-state index contributed by atoms with van der Waals surface area (Å²) in [5.41, 5.74) is 0.914. The zero-order valence-electron chi connectivity index (χ0n) is 10.3. The number of anilines is 1. The molecule has 0 saturated carbocycles. The molecule has 0 radical (unpaired) electrons. The van der Waals surface area contributed by atoms with Crippen LogP contribution in [0.3, 0.4) is 0 Å². The second-order valence-electron chi connectivity index (χ2n) is 4.32. The maximum absolute atomic E-state index is 11.3. The molecule has 0 unspecified atom stereocenters. The van der Waals surface area contributed by atoms with E-state index < -0.39 is 15.8 Å². The Morgan fingerprint density at radius 1 is 1.21 bits per heavy atom. The van der Waals surface area contributed by atoms with Crippen molar-refractivity contribution in [1.82, 2.24) is 0 Å². The second-order valence-corrected chi connectivity index (χ2v) is 6.62. The quantitative estimate of drug-likeness (QED) is 0.861. The summed E-state index contributed by atoms with van der Waals surface area (Å²) < 4.78 is 27.7. The Morgan fingerprint density at radius 3 is 2.32 bits per heavy atom. The number of sulfone groups is 1. The summed E-state index contributed by atoms with van der Waals surface area (Å²) in [6.07, 6.45) is 0. The molecule has 7 heteroatoms. The van der Waals surface area contributed by atoms with Gasteiger partial charge in [-0.05, 0) is 24.3 Å². The van der Waals surface area contributed by atoms with Crippen LogP contribution in [-0.2, 0) is 14.6 Å². The van der Waals surface area contributed by atoms with E-state index in [1.165, 1.54) is 0 Å². The second kappa shape index (κ2) is 5.48. The van der Waals surface area contributed by atoms with Crippen LogP contribution in [0.4, 0.5) is 5.69 Å². The van der Waals surface area contributed by atoms with E-state index in [4.69, 9.17) is 9.84 Å². The van der Waals surface area contributed by atoms with Gasteiger partial charge in [-0.3, -0.25) is 0 Å². The van der Waals surface area contributed by atoms with E-state index in [0.717, 1.165) is 5.69 Å². The van der Waals surface area contributed by atoms with Gasteiger partial charge in [-0.25, -0.2) is 13.2 Å². The average molecular weight is 285 g/mol. The summed E-state index contributed by atoms with van der Waals surface area (Å²) in [6.45, 7) is 0.594. The number of nitrogens with zero attached hydrogens (tertiary/aromatic N) is 1. The number of aliphatic carboxylic acids is 1. The Hall–Kier alpha value is -1.76. The first-order valence-electron chi connectivity index (χ1n) is 5.86. The van der Waals surface area contributed by atoms with Crippen LogP contribution in [0.25, 0.3) is 0 Å². The Morgan fingerprint density at radius 2 is 1.79 bits per heavy atom. The van der Waals surface area contributed by atoms with Crippen LogP contribution in [0, 0.1) is 0 Å². The molecule has 1 heterocycles. The summed E-state index contributed by atoms with van der Waals surface area (Å²) in [5.74, 6) is -0.199. The third-order valence-corrected chi connectivity index (χ3v) is 4.52. The molecule has 104 valence electrons. The third-order valence-electron chi connectivity index (χ3n) is 2.91. The zero-order valence-corrected chi connectivity index (χ0v) is 11.1. The van der Waals surface area contributed by atoms with Crippen molar-refractivity contribution in [2.75, 3.05) is 36.1 Å². The SMILES string of the molecule is O=C(O)COc1ccc(N2CCS(=O)(=O)CC2)cc1. The lowest BCUT2D eigenvalue weighted by Gasteiger charge is -2.28. The van der Waals surface area contributed by atoms with Gasteiger partial charge in [0.2, 0.25) is 0 Å². The highest BCUT2D eigenvalue weighted by atomic mass is 32.2. The van der Waals surface area contributed by atoms with Gasteiger partial charge >= 0.3 is 5.97 Å². The molecule has 0 spiro atoms. The Labute approximate surface area is 111 Å². The van der Waals surface area contributed by atoms with Crippen LogP contribution < -0.4 is 9.64 Å². The summed E-state index contributed by atoms with van der Waals surface area (Å²) in [4.78, 5) is 12.3. The van der Waals surface area contributed by atoms with E-state index in [2.05, 4.69) is 0 Å². The summed E-state index contributed by atoms with van der Waals surface area (Å²) in [7, 11) is -2.88. The number of ether oxygens (including phenoxy) is 1. The maximum Gasteiger partial charge on any atom is 0.341 e. The predicted octanol–water partition coefficient (Wildman–Crippen LogP) is 0.385. The van der Waals surface area contributed by atoms with Crippen LogP contribution in [0.2, 0.25) is 0 Å². The van der Waals surface area contributed by atoms with Gasteiger partial charge in [0.1, 0.15) is 5.75 Å². The van der Waals surface area contributed by atoms with Crippen molar-refractivity contribution in [2.24, 2.45) is 0 Å². The fourth-order valence-corrected chi connectivity index (χ4v) is 3.07. The number of hydrogen-bond acceptors (Lipinski definition) is 5. The highest BCUT2D eigenvalue weighted by Gasteiger charge is 2.21. The molecule has 0 amide bonds. The molecule has 1 aromatic rings. The zero-order chi connectivity index (χ0) is 13.9. The van der Waals surface area contributed by atoms with E-state index in [1.54, 1.807) is 24.3 Å². The predicted molar refractivity (Wildman–Crippen MR) is 70.4 cm³/mol. The first-order valence-corrected chi connectivity index (χ1v) is 7.68. The Balaban J connectivity index is 1.97. The van der Waals surface area contributed by atoms with Crippen molar-refractivity contribution in [1.29, 1.82) is 0 Å². The molecule has 1 aliphatic heterocycles. The minimum absolute atomic E-state index is 0.171. The molecular weight excluding hydrogens is 270 g/mol. The number of carboxylic acids is 1. The Kier molecular flexibility index (Phi) is 3.94. The molecule has 2 rings (SSSR count). The standard InChI is InChI=1S/C12H15NO5S/c14-12(15)9-18-11-3-1-10(2-4-11)13-5-7-19(16,17)8-6-13/h1-4H,5-9H2,(H,14,15). The topological polar surface area (TPSA) is 83.9 Å². The van der Waals surface area contributed by atoms with E-state index in [-0.39, 0.29) is 18.1 Å². The summed E-state index contributed by atoms with van der Waals surface area (Å²) in [5, 5.41) is 8.49. The fourth-order valence-electron chi connectivity index (χ4n) is 1.87. The molecule has 0 atom stereocenters. The third kappa shape index (κ3) is 3.85. The van der Waals surface area contributed by atoms with Gasteiger partial charge in [0.15, 0.2) is 16.4 Å². The first kappa shape index (κ1) is 13.7. The van der Waals surface area contributed by atoms with E-state index in [9.17, 15) is 13.2 Å². The molecule has 0 aliphatic carbocycles. The lowest BCUT2D eigenvalue weighted by atomic mass is 10.2.